The first-order valence-corrected chi connectivity index (χ1v) is 9.00. The van der Waals surface area contributed by atoms with E-state index in [4.69, 9.17) is 19.5 Å². The molecule has 140 valence electrons. The van der Waals surface area contributed by atoms with Gasteiger partial charge in [0, 0.05) is 11.1 Å². The summed E-state index contributed by atoms with van der Waals surface area (Å²) >= 11 is 0. The third-order valence-corrected chi connectivity index (χ3v) is 4.56. The topological polar surface area (TPSA) is 55.2 Å². The highest BCUT2D eigenvalue weighted by molar-refractivity contribution is 6.19. The lowest BCUT2D eigenvalue weighted by molar-refractivity contribution is 0.414. The molecule has 0 amide bonds. The fourth-order valence-electron chi connectivity index (χ4n) is 3.00. The van der Waals surface area contributed by atoms with Gasteiger partial charge in [-0.15, -0.1) is 0 Å². The SMILES string of the molecule is COc1ccc(C2=Nc3ccc(C)cc3NC(c3ccc(OC)cc3)=N2)cc1. The molecule has 0 bridgehead atoms. The maximum Gasteiger partial charge on any atom is 0.162 e. The largest absolute Gasteiger partial charge is 0.497 e. The van der Waals surface area contributed by atoms with E-state index in [1.807, 2.05) is 60.7 Å². The Labute approximate surface area is 164 Å². The van der Waals surface area contributed by atoms with Crippen LogP contribution in [0.25, 0.3) is 0 Å². The van der Waals surface area contributed by atoms with E-state index < -0.39 is 0 Å². The molecule has 0 atom stereocenters. The zero-order valence-electron chi connectivity index (χ0n) is 16.1. The zero-order valence-corrected chi connectivity index (χ0v) is 16.1. The van der Waals surface area contributed by atoms with Crippen LogP contribution in [0.15, 0.2) is 76.7 Å². The summed E-state index contributed by atoms with van der Waals surface area (Å²) in [4.78, 5) is 9.66. The van der Waals surface area contributed by atoms with Gasteiger partial charge in [0.15, 0.2) is 5.84 Å². The van der Waals surface area contributed by atoms with E-state index in [2.05, 4.69) is 18.3 Å². The number of benzene rings is 3. The minimum absolute atomic E-state index is 0.642. The van der Waals surface area contributed by atoms with Gasteiger partial charge >= 0.3 is 0 Å². The number of anilines is 1. The van der Waals surface area contributed by atoms with Crippen LogP contribution >= 0.6 is 0 Å². The molecule has 0 aromatic heterocycles. The van der Waals surface area contributed by atoms with Crippen LogP contribution in [0, 0.1) is 6.92 Å². The van der Waals surface area contributed by atoms with E-state index in [0.717, 1.165) is 45.4 Å². The molecule has 5 heteroatoms. The number of amidine groups is 2. The fraction of sp³-hybridized carbons (Fsp3) is 0.130. The Morgan fingerprint density at radius 3 is 1.93 bits per heavy atom. The molecule has 1 heterocycles. The predicted molar refractivity (Wildman–Crippen MR) is 114 cm³/mol. The Kier molecular flexibility index (Phi) is 4.81. The van der Waals surface area contributed by atoms with Crippen LogP contribution in [-0.4, -0.2) is 25.9 Å². The number of nitrogens with zero attached hydrogens (tertiary/aromatic N) is 2. The third-order valence-electron chi connectivity index (χ3n) is 4.56. The molecule has 1 aliphatic rings. The predicted octanol–water partition coefficient (Wildman–Crippen LogP) is 4.96. The molecule has 3 aromatic rings. The Hall–Kier alpha value is -3.60. The second kappa shape index (κ2) is 7.56. The van der Waals surface area contributed by atoms with Gasteiger partial charge in [-0.05, 0) is 73.2 Å². The molecular formula is C23H21N3O2. The summed E-state index contributed by atoms with van der Waals surface area (Å²) in [5.74, 6) is 2.98. The molecule has 1 aliphatic heterocycles. The highest BCUT2D eigenvalue weighted by Crippen LogP contribution is 2.30. The van der Waals surface area contributed by atoms with Crippen molar-refractivity contribution in [3.05, 3.63) is 83.4 Å². The van der Waals surface area contributed by atoms with Gasteiger partial charge in [-0.1, -0.05) is 6.07 Å². The summed E-state index contributed by atoms with van der Waals surface area (Å²) in [6.45, 7) is 2.06. The summed E-state index contributed by atoms with van der Waals surface area (Å²) in [6, 6.07) is 21.7. The molecule has 0 unspecified atom stereocenters. The van der Waals surface area contributed by atoms with Crippen molar-refractivity contribution in [2.75, 3.05) is 19.5 Å². The number of hydrogen-bond acceptors (Lipinski definition) is 5. The molecule has 28 heavy (non-hydrogen) atoms. The standard InChI is InChI=1S/C23H21N3O2/c1-15-4-13-20-21(14-15)25-23(17-7-11-19(28-3)12-8-17)26-22(24-20)16-5-9-18(27-2)10-6-16/h4-14H,1-3H3,(H,24,25,26). The number of fused-ring (bicyclic) bond motifs is 1. The quantitative estimate of drug-likeness (QED) is 0.705. The lowest BCUT2D eigenvalue weighted by atomic mass is 10.1. The summed E-state index contributed by atoms with van der Waals surface area (Å²) in [5, 5.41) is 3.45. The third kappa shape index (κ3) is 3.60. The van der Waals surface area contributed by atoms with Gasteiger partial charge < -0.3 is 14.8 Å². The molecule has 0 saturated heterocycles. The van der Waals surface area contributed by atoms with Crippen molar-refractivity contribution < 1.29 is 9.47 Å². The van der Waals surface area contributed by atoms with Crippen molar-refractivity contribution in [3.63, 3.8) is 0 Å². The van der Waals surface area contributed by atoms with Gasteiger partial charge in [-0.25, -0.2) is 9.98 Å². The van der Waals surface area contributed by atoms with Crippen LogP contribution in [0.1, 0.15) is 16.7 Å². The number of rotatable bonds is 4. The second-order valence-corrected chi connectivity index (χ2v) is 6.50. The fourth-order valence-corrected chi connectivity index (χ4v) is 3.00. The maximum atomic E-state index is 5.27. The monoisotopic (exact) mass is 371 g/mol. The second-order valence-electron chi connectivity index (χ2n) is 6.50. The van der Waals surface area contributed by atoms with Crippen molar-refractivity contribution >= 4 is 23.0 Å². The molecular weight excluding hydrogens is 350 g/mol. The van der Waals surface area contributed by atoms with Crippen LogP contribution in [0.2, 0.25) is 0 Å². The van der Waals surface area contributed by atoms with E-state index in [0.29, 0.717) is 5.84 Å². The molecule has 0 radical (unpaired) electrons. The molecule has 4 rings (SSSR count). The van der Waals surface area contributed by atoms with Crippen LogP contribution in [0.4, 0.5) is 11.4 Å². The van der Waals surface area contributed by atoms with E-state index in [1.165, 1.54) is 0 Å². The first-order chi connectivity index (χ1) is 13.7. The van der Waals surface area contributed by atoms with Crippen molar-refractivity contribution in [1.82, 2.24) is 0 Å². The van der Waals surface area contributed by atoms with Crippen LogP contribution in [-0.2, 0) is 0 Å². The Morgan fingerprint density at radius 2 is 1.32 bits per heavy atom. The normalized spacial score (nSPS) is 12.8. The number of aliphatic imine (C=N–C) groups is 2. The van der Waals surface area contributed by atoms with Crippen LogP contribution in [0.5, 0.6) is 11.5 Å². The van der Waals surface area contributed by atoms with Gasteiger partial charge in [-0.2, -0.15) is 0 Å². The van der Waals surface area contributed by atoms with E-state index >= 15 is 0 Å². The van der Waals surface area contributed by atoms with E-state index in [9.17, 15) is 0 Å². The molecule has 3 aromatic carbocycles. The van der Waals surface area contributed by atoms with Crippen LogP contribution in [0.3, 0.4) is 0 Å². The summed E-state index contributed by atoms with van der Waals surface area (Å²) in [6.07, 6.45) is 0. The highest BCUT2D eigenvalue weighted by atomic mass is 16.5. The minimum Gasteiger partial charge on any atom is -0.497 e. The molecule has 0 saturated carbocycles. The molecule has 0 aliphatic carbocycles. The molecule has 5 nitrogen and oxygen atoms in total. The van der Waals surface area contributed by atoms with Gasteiger partial charge in [-0.3, -0.25) is 0 Å². The number of nitrogens with one attached hydrogen (secondary N) is 1. The smallest absolute Gasteiger partial charge is 0.162 e. The first-order valence-electron chi connectivity index (χ1n) is 9.00. The molecule has 1 N–H and O–H groups in total. The molecule has 0 spiro atoms. The molecule has 0 fully saturated rings. The van der Waals surface area contributed by atoms with Gasteiger partial charge in [0.2, 0.25) is 0 Å². The number of aryl methyl sites for hydroxylation is 1. The summed E-state index contributed by atoms with van der Waals surface area (Å²) in [7, 11) is 3.31. The number of ether oxygens (including phenoxy) is 2. The lowest BCUT2D eigenvalue weighted by Crippen LogP contribution is -2.15. The first kappa shape index (κ1) is 17.8. The van der Waals surface area contributed by atoms with E-state index in [1.54, 1.807) is 14.2 Å². The Bertz CT molecular complexity index is 1050. The van der Waals surface area contributed by atoms with Gasteiger partial charge in [0.1, 0.15) is 17.3 Å². The van der Waals surface area contributed by atoms with Crippen molar-refractivity contribution in [2.24, 2.45) is 9.98 Å². The highest BCUT2D eigenvalue weighted by Gasteiger charge is 2.16. The summed E-state index contributed by atoms with van der Waals surface area (Å²) in [5.41, 5.74) is 4.81. The minimum atomic E-state index is 0.642. The van der Waals surface area contributed by atoms with E-state index in [-0.39, 0.29) is 0 Å². The maximum absolute atomic E-state index is 5.27. The Balaban J connectivity index is 1.83. The Morgan fingerprint density at radius 1 is 0.714 bits per heavy atom. The van der Waals surface area contributed by atoms with Crippen molar-refractivity contribution in [1.29, 1.82) is 0 Å². The number of methoxy groups -OCH3 is 2. The van der Waals surface area contributed by atoms with Gasteiger partial charge in [0.05, 0.1) is 25.6 Å². The summed E-state index contributed by atoms with van der Waals surface area (Å²) < 4.78 is 10.5. The lowest BCUT2D eigenvalue weighted by Gasteiger charge is -2.11. The van der Waals surface area contributed by atoms with Crippen molar-refractivity contribution in [3.8, 4) is 11.5 Å². The average Bonchev–Trinajstić information content (AvgIpc) is 2.93. The van der Waals surface area contributed by atoms with Gasteiger partial charge in [0.25, 0.3) is 0 Å². The average molecular weight is 371 g/mol. The van der Waals surface area contributed by atoms with Crippen LogP contribution < -0.4 is 14.8 Å². The zero-order chi connectivity index (χ0) is 19.5. The van der Waals surface area contributed by atoms with Crippen molar-refractivity contribution in [2.45, 2.75) is 6.92 Å². The number of hydrogen-bond donors (Lipinski definition) is 1.